The molecule has 0 aromatic heterocycles. The molecule has 0 radical (unpaired) electrons. The van der Waals surface area contributed by atoms with Crippen LogP contribution in [0.1, 0.15) is 0 Å². The van der Waals surface area contributed by atoms with Crippen molar-refractivity contribution in [2.75, 3.05) is 12.8 Å². The monoisotopic (exact) mass is 219 g/mol. The van der Waals surface area contributed by atoms with E-state index in [0.717, 1.165) is 0 Å². The number of phosphoric acid groups is 1. The van der Waals surface area contributed by atoms with E-state index in [-0.39, 0.29) is 11.4 Å². The molecule has 0 heterocycles. The van der Waals surface area contributed by atoms with Gasteiger partial charge in [0.05, 0.1) is 12.8 Å². The number of ether oxygens (including phenoxy) is 1. The van der Waals surface area contributed by atoms with Gasteiger partial charge in [0.25, 0.3) is 0 Å². The van der Waals surface area contributed by atoms with Crippen LogP contribution in [0.4, 0.5) is 5.69 Å². The maximum absolute atomic E-state index is 10.5. The van der Waals surface area contributed by atoms with Crippen LogP contribution in [-0.2, 0) is 4.57 Å². The molecule has 0 aliphatic heterocycles. The molecule has 0 unspecified atom stereocenters. The molecule has 1 aromatic rings. The fraction of sp³-hybridized carbons (Fsp3) is 0.143. The first-order valence-electron chi connectivity index (χ1n) is 3.61. The Hall–Kier alpha value is -1.23. The Bertz CT molecular complexity index is 374. The number of benzene rings is 1. The molecule has 0 saturated carbocycles. The Morgan fingerprint density at radius 2 is 2.07 bits per heavy atom. The molecule has 1 aromatic carbocycles. The highest BCUT2D eigenvalue weighted by atomic mass is 31.2. The quantitative estimate of drug-likeness (QED) is 0.512. The number of hydrogen-bond donors (Lipinski definition) is 3. The van der Waals surface area contributed by atoms with Gasteiger partial charge in [-0.05, 0) is 12.1 Å². The molecule has 6 nitrogen and oxygen atoms in total. The lowest BCUT2D eigenvalue weighted by molar-refractivity contribution is 0.283. The first-order chi connectivity index (χ1) is 6.42. The molecule has 0 aliphatic carbocycles. The van der Waals surface area contributed by atoms with Crippen molar-refractivity contribution in [1.82, 2.24) is 0 Å². The molecule has 4 N–H and O–H groups in total. The summed E-state index contributed by atoms with van der Waals surface area (Å²) in [6.07, 6.45) is 0. The zero-order valence-electron chi connectivity index (χ0n) is 7.38. The number of rotatable bonds is 3. The second-order valence-electron chi connectivity index (χ2n) is 2.49. The summed E-state index contributed by atoms with van der Waals surface area (Å²) in [5.41, 5.74) is 5.74. The molecule has 14 heavy (non-hydrogen) atoms. The van der Waals surface area contributed by atoms with Crippen LogP contribution in [0.2, 0.25) is 0 Å². The van der Waals surface area contributed by atoms with Crippen molar-refractivity contribution in [2.24, 2.45) is 0 Å². The lowest BCUT2D eigenvalue weighted by Crippen LogP contribution is -1.94. The van der Waals surface area contributed by atoms with E-state index in [1.165, 1.54) is 25.3 Å². The van der Waals surface area contributed by atoms with Gasteiger partial charge in [-0.25, -0.2) is 4.57 Å². The van der Waals surface area contributed by atoms with Crippen LogP contribution in [0.3, 0.4) is 0 Å². The third-order valence-electron chi connectivity index (χ3n) is 1.43. The van der Waals surface area contributed by atoms with Crippen molar-refractivity contribution >= 4 is 13.5 Å². The molecule has 78 valence electrons. The second-order valence-corrected chi connectivity index (χ2v) is 3.65. The van der Waals surface area contributed by atoms with Gasteiger partial charge in [0.1, 0.15) is 11.5 Å². The maximum atomic E-state index is 10.5. The molecular formula is C7H10NO5P. The summed E-state index contributed by atoms with van der Waals surface area (Å²) in [6.45, 7) is 0. The zero-order valence-corrected chi connectivity index (χ0v) is 8.27. The number of nitrogen functional groups attached to an aromatic ring is 1. The van der Waals surface area contributed by atoms with Gasteiger partial charge in [-0.1, -0.05) is 0 Å². The molecule has 0 atom stereocenters. The summed E-state index contributed by atoms with van der Waals surface area (Å²) in [4.78, 5) is 17.0. The van der Waals surface area contributed by atoms with Gasteiger partial charge in [0.2, 0.25) is 0 Å². The predicted molar refractivity (Wildman–Crippen MR) is 50.1 cm³/mol. The topological polar surface area (TPSA) is 102 Å². The van der Waals surface area contributed by atoms with Crippen molar-refractivity contribution < 1.29 is 23.6 Å². The molecule has 7 heteroatoms. The van der Waals surface area contributed by atoms with Crippen LogP contribution < -0.4 is 15.0 Å². The SMILES string of the molecule is COc1ccc(OP(=O)(O)O)cc1N. The Labute approximate surface area is 80.5 Å². The fourth-order valence-electron chi connectivity index (χ4n) is 0.907. The first kappa shape index (κ1) is 10.8. The predicted octanol–water partition coefficient (Wildman–Crippen LogP) is 0.749. The highest BCUT2D eigenvalue weighted by molar-refractivity contribution is 7.46. The number of nitrogens with two attached hydrogens (primary N) is 1. The van der Waals surface area contributed by atoms with E-state index in [4.69, 9.17) is 20.3 Å². The first-order valence-corrected chi connectivity index (χ1v) is 5.14. The van der Waals surface area contributed by atoms with Crippen molar-refractivity contribution in [1.29, 1.82) is 0 Å². The number of hydrogen-bond acceptors (Lipinski definition) is 4. The molecule has 0 spiro atoms. The van der Waals surface area contributed by atoms with Crippen LogP contribution in [-0.4, -0.2) is 16.9 Å². The lowest BCUT2D eigenvalue weighted by atomic mass is 10.3. The van der Waals surface area contributed by atoms with Crippen molar-refractivity contribution in [3.05, 3.63) is 18.2 Å². The van der Waals surface area contributed by atoms with Gasteiger partial charge in [0, 0.05) is 6.07 Å². The summed E-state index contributed by atoms with van der Waals surface area (Å²) in [5.74, 6) is 0.416. The Morgan fingerprint density at radius 1 is 1.43 bits per heavy atom. The van der Waals surface area contributed by atoms with Crippen LogP contribution in [0.5, 0.6) is 11.5 Å². The largest absolute Gasteiger partial charge is 0.524 e. The number of phosphoric ester groups is 1. The van der Waals surface area contributed by atoms with Crippen molar-refractivity contribution in [2.45, 2.75) is 0 Å². The van der Waals surface area contributed by atoms with Crippen LogP contribution >= 0.6 is 7.82 Å². The second kappa shape index (κ2) is 3.88. The molecule has 1 rings (SSSR count). The maximum Gasteiger partial charge on any atom is 0.524 e. The summed E-state index contributed by atoms with van der Waals surface area (Å²) < 4.78 is 19.6. The third-order valence-corrected chi connectivity index (χ3v) is 1.87. The minimum Gasteiger partial charge on any atom is -0.495 e. The Morgan fingerprint density at radius 3 is 2.50 bits per heavy atom. The van der Waals surface area contributed by atoms with Gasteiger partial charge in [0.15, 0.2) is 0 Å². The van der Waals surface area contributed by atoms with Crippen molar-refractivity contribution in [3.8, 4) is 11.5 Å². The lowest BCUT2D eigenvalue weighted by Gasteiger charge is -2.09. The van der Waals surface area contributed by atoms with Gasteiger partial charge >= 0.3 is 7.82 Å². The van der Waals surface area contributed by atoms with Crippen LogP contribution in [0.15, 0.2) is 18.2 Å². The Kier molecular flexibility index (Phi) is 3.00. The molecule has 0 saturated heterocycles. The van der Waals surface area contributed by atoms with Gasteiger partial charge in [-0.15, -0.1) is 0 Å². The molecular weight excluding hydrogens is 209 g/mol. The van der Waals surface area contributed by atoms with E-state index in [0.29, 0.717) is 5.75 Å². The average molecular weight is 219 g/mol. The summed E-state index contributed by atoms with van der Waals surface area (Å²) in [5, 5.41) is 0. The standard InChI is InChI=1S/C7H10NO5P/c1-12-7-3-2-5(4-6(7)8)13-14(9,10)11/h2-4H,8H2,1H3,(H2,9,10,11). The smallest absolute Gasteiger partial charge is 0.495 e. The third kappa shape index (κ3) is 2.92. The van der Waals surface area contributed by atoms with E-state index in [1.54, 1.807) is 0 Å². The van der Waals surface area contributed by atoms with E-state index in [1.807, 2.05) is 0 Å². The highest BCUT2D eigenvalue weighted by Gasteiger charge is 2.16. The van der Waals surface area contributed by atoms with E-state index >= 15 is 0 Å². The van der Waals surface area contributed by atoms with Crippen LogP contribution in [0.25, 0.3) is 0 Å². The van der Waals surface area contributed by atoms with Gasteiger partial charge in [-0.3, -0.25) is 9.79 Å². The minimum absolute atomic E-state index is 0.00312. The zero-order chi connectivity index (χ0) is 10.8. The van der Waals surface area contributed by atoms with Crippen LogP contribution in [0, 0.1) is 0 Å². The minimum atomic E-state index is -4.53. The van der Waals surface area contributed by atoms with E-state index in [9.17, 15) is 4.57 Å². The van der Waals surface area contributed by atoms with E-state index < -0.39 is 7.82 Å². The number of methoxy groups -OCH3 is 1. The highest BCUT2D eigenvalue weighted by Crippen LogP contribution is 2.39. The summed E-state index contributed by atoms with van der Waals surface area (Å²) in [6, 6.07) is 4.09. The molecule has 0 aliphatic rings. The molecule has 0 bridgehead atoms. The Balaban J connectivity index is 2.92. The van der Waals surface area contributed by atoms with Crippen molar-refractivity contribution in [3.63, 3.8) is 0 Å². The van der Waals surface area contributed by atoms with Gasteiger partial charge < -0.3 is 15.0 Å². The number of anilines is 1. The fourth-order valence-corrected chi connectivity index (χ4v) is 1.29. The van der Waals surface area contributed by atoms with Gasteiger partial charge in [-0.2, -0.15) is 0 Å². The molecule has 0 amide bonds. The van der Waals surface area contributed by atoms with E-state index in [2.05, 4.69) is 4.52 Å². The molecule has 0 fully saturated rings. The normalized spacial score (nSPS) is 11.1. The summed E-state index contributed by atoms with van der Waals surface area (Å²) >= 11 is 0. The summed E-state index contributed by atoms with van der Waals surface area (Å²) in [7, 11) is -3.09. The average Bonchev–Trinajstić information content (AvgIpc) is 2.01.